The Morgan fingerprint density at radius 2 is 1.64 bits per heavy atom. The van der Waals surface area contributed by atoms with E-state index in [4.69, 9.17) is 4.74 Å². The minimum atomic E-state index is -0.525. The van der Waals surface area contributed by atoms with Crippen LogP contribution in [0.1, 0.15) is 49.8 Å². The quantitative estimate of drug-likeness (QED) is 0.692. The fraction of sp³-hybridized carbons (Fsp3) is 0.435. The fourth-order valence-corrected chi connectivity index (χ4v) is 3.77. The summed E-state index contributed by atoms with van der Waals surface area (Å²) in [6.07, 6.45) is 2.22. The second-order valence-electron chi connectivity index (χ2n) is 7.24. The molecule has 1 atom stereocenters. The Kier molecular flexibility index (Phi) is 8.49. The summed E-state index contributed by atoms with van der Waals surface area (Å²) in [6, 6.07) is 19.9. The molecule has 4 nitrogen and oxygen atoms in total. The van der Waals surface area contributed by atoms with Gasteiger partial charge in [-0.15, -0.1) is 12.4 Å². The van der Waals surface area contributed by atoms with E-state index in [1.54, 1.807) is 0 Å². The first kappa shape index (κ1) is 22.4. The summed E-state index contributed by atoms with van der Waals surface area (Å²) in [4.78, 5) is 14.4. The lowest BCUT2D eigenvalue weighted by Gasteiger charge is -2.41. The number of hydrogen-bond acceptors (Lipinski definition) is 4. The highest BCUT2D eigenvalue weighted by Gasteiger charge is 2.39. The van der Waals surface area contributed by atoms with Crippen molar-refractivity contribution in [1.82, 2.24) is 4.90 Å². The van der Waals surface area contributed by atoms with Crippen molar-refractivity contribution in [2.45, 2.75) is 44.3 Å². The summed E-state index contributed by atoms with van der Waals surface area (Å²) >= 11 is 0. The standard InChI is InChI=1S/C23H29NO3.ClH/c1-2-22(26)27-23(20-11-7-4-8-12-20)14-17-24(18-15-23)16-13-21(25)19-9-5-3-6-10-19;/h3-12,21,25H,2,13-18H2,1H3;1H. The lowest BCUT2D eigenvalue weighted by Crippen LogP contribution is -2.45. The Bertz CT molecular complexity index is 715. The predicted octanol–water partition coefficient (Wildman–Crippen LogP) is 4.48. The largest absolute Gasteiger partial charge is 0.454 e. The number of rotatable bonds is 7. The van der Waals surface area contributed by atoms with Crippen LogP contribution in [0.25, 0.3) is 0 Å². The molecule has 0 aromatic heterocycles. The van der Waals surface area contributed by atoms with Gasteiger partial charge in [0, 0.05) is 38.9 Å². The summed E-state index contributed by atoms with van der Waals surface area (Å²) < 4.78 is 5.94. The molecule has 2 aromatic carbocycles. The summed E-state index contributed by atoms with van der Waals surface area (Å²) in [7, 11) is 0. The first-order chi connectivity index (χ1) is 13.1. The molecule has 2 aromatic rings. The molecule has 0 bridgehead atoms. The molecule has 0 aliphatic carbocycles. The average Bonchev–Trinajstić information content (AvgIpc) is 2.74. The van der Waals surface area contributed by atoms with Crippen LogP contribution in [0.3, 0.4) is 0 Å². The lowest BCUT2D eigenvalue weighted by atomic mass is 9.84. The first-order valence-electron chi connectivity index (χ1n) is 9.86. The van der Waals surface area contributed by atoms with E-state index in [-0.39, 0.29) is 18.4 Å². The molecule has 0 radical (unpaired) electrons. The summed E-state index contributed by atoms with van der Waals surface area (Å²) in [5, 5.41) is 10.4. The molecule has 0 amide bonds. The third-order valence-corrected chi connectivity index (χ3v) is 5.46. The zero-order valence-corrected chi connectivity index (χ0v) is 17.2. The number of benzene rings is 2. The molecule has 3 rings (SSSR count). The summed E-state index contributed by atoms with van der Waals surface area (Å²) in [6.45, 7) is 4.38. The highest BCUT2D eigenvalue weighted by Crippen LogP contribution is 2.37. The molecule has 1 heterocycles. The highest BCUT2D eigenvalue weighted by atomic mass is 35.5. The summed E-state index contributed by atoms with van der Waals surface area (Å²) in [5.74, 6) is -0.146. The van der Waals surface area contributed by atoms with Crippen molar-refractivity contribution in [3.8, 4) is 0 Å². The molecule has 28 heavy (non-hydrogen) atoms. The number of carbonyl (C=O) groups is 1. The molecule has 1 N–H and O–H groups in total. The Labute approximate surface area is 173 Å². The molecule has 1 unspecified atom stereocenters. The number of halogens is 1. The summed E-state index contributed by atoms with van der Waals surface area (Å²) in [5.41, 5.74) is 1.52. The molecular weight excluding hydrogens is 374 g/mol. The Morgan fingerprint density at radius 1 is 1.07 bits per heavy atom. The molecule has 1 fully saturated rings. The van der Waals surface area contributed by atoms with Crippen molar-refractivity contribution in [3.05, 3.63) is 71.8 Å². The topological polar surface area (TPSA) is 49.8 Å². The van der Waals surface area contributed by atoms with Gasteiger partial charge in [-0.2, -0.15) is 0 Å². The lowest BCUT2D eigenvalue weighted by molar-refractivity contribution is -0.166. The smallest absolute Gasteiger partial charge is 0.306 e. The number of aliphatic hydroxyl groups is 1. The van der Waals surface area contributed by atoms with Gasteiger partial charge in [-0.3, -0.25) is 4.79 Å². The number of carbonyl (C=O) groups excluding carboxylic acids is 1. The van der Waals surface area contributed by atoms with E-state index < -0.39 is 11.7 Å². The van der Waals surface area contributed by atoms with E-state index in [1.165, 1.54) is 0 Å². The van der Waals surface area contributed by atoms with E-state index in [2.05, 4.69) is 17.0 Å². The van der Waals surface area contributed by atoms with Gasteiger partial charge in [0.05, 0.1) is 6.10 Å². The third kappa shape index (κ3) is 5.57. The molecule has 152 valence electrons. The monoisotopic (exact) mass is 403 g/mol. The number of hydrogen-bond donors (Lipinski definition) is 1. The van der Waals surface area contributed by atoms with Gasteiger partial charge in [-0.1, -0.05) is 67.6 Å². The van der Waals surface area contributed by atoms with Gasteiger partial charge in [0.15, 0.2) is 0 Å². The van der Waals surface area contributed by atoms with Crippen LogP contribution < -0.4 is 0 Å². The normalized spacial score (nSPS) is 17.4. The van der Waals surface area contributed by atoms with Crippen molar-refractivity contribution in [1.29, 1.82) is 0 Å². The second kappa shape index (κ2) is 10.6. The van der Waals surface area contributed by atoms with Gasteiger partial charge in [-0.05, 0) is 17.5 Å². The van der Waals surface area contributed by atoms with Gasteiger partial charge in [0.25, 0.3) is 0 Å². The molecule has 0 saturated carbocycles. The van der Waals surface area contributed by atoms with E-state index in [0.29, 0.717) is 12.8 Å². The SMILES string of the molecule is CCC(=O)OC1(c2ccccc2)CCN(CCC(O)c2ccccc2)CC1.Cl. The molecule has 5 heteroatoms. The van der Waals surface area contributed by atoms with Crippen molar-refractivity contribution >= 4 is 18.4 Å². The maximum atomic E-state index is 12.0. The van der Waals surface area contributed by atoms with Crippen molar-refractivity contribution in [3.63, 3.8) is 0 Å². The molecular formula is C23H30ClNO3. The van der Waals surface area contributed by atoms with E-state index >= 15 is 0 Å². The van der Waals surface area contributed by atoms with Crippen molar-refractivity contribution in [2.75, 3.05) is 19.6 Å². The molecule has 1 saturated heterocycles. The molecule has 1 aliphatic rings. The number of likely N-dealkylation sites (tertiary alicyclic amines) is 1. The van der Waals surface area contributed by atoms with Crippen LogP contribution in [0, 0.1) is 0 Å². The third-order valence-electron chi connectivity index (χ3n) is 5.46. The minimum absolute atomic E-state index is 0. The number of aliphatic hydroxyl groups excluding tert-OH is 1. The second-order valence-corrected chi connectivity index (χ2v) is 7.24. The van der Waals surface area contributed by atoms with Crippen LogP contribution in [-0.4, -0.2) is 35.6 Å². The minimum Gasteiger partial charge on any atom is -0.454 e. The Hall–Kier alpha value is -1.88. The van der Waals surface area contributed by atoms with Crippen LogP contribution in [0.5, 0.6) is 0 Å². The van der Waals surface area contributed by atoms with Crippen LogP contribution in [0.2, 0.25) is 0 Å². The number of esters is 1. The van der Waals surface area contributed by atoms with Crippen LogP contribution in [-0.2, 0) is 15.1 Å². The average molecular weight is 404 g/mol. The number of nitrogens with zero attached hydrogens (tertiary/aromatic N) is 1. The number of ether oxygens (including phenoxy) is 1. The zero-order chi connectivity index (χ0) is 19.1. The maximum Gasteiger partial charge on any atom is 0.306 e. The number of piperidine rings is 1. The fourth-order valence-electron chi connectivity index (χ4n) is 3.77. The molecule has 0 spiro atoms. The Morgan fingerprint density at radius 3 is 2.21 bits per heavy atom. The van der Waals surface area contributed by atoms with Crippen molar-refractivity contribution < 1.29 is 14.6 Å². The van der Waals surface area contributed by atoms with Crippen LogP contribution in [0.15, 0.2) is 60.7 Å². The van der Waals surface area contributed by atoms with E-state index in [1.807, 2.05) is 55.5 Å². The van der Waals surface area contributed by atoms with Crippen LogP contribution in [0.4, 0.5) is 0 Å². The van der Waals surface area contributed by atoms with E-state index in [9.17, 15) is 9.90 Å². The van der Waals surface area contributed by atoms with Gasteiger partial charge < -0.3 is 14.7 Å². The van der Waals surface area contributed by atoms with Gasteiger partial charge >= 0.3 is 5.97 Å². The van der Waals surface area contributed by atoms with Crippen LogP contribution >= 0.6 is 12.4 Å². The van der Waals surface area contributed by atoms with Gasteiger partial charge in [0.1, 0.15) is 5.60 Å². The molecule has 1 aliphatic heterocycles. The Balaban J connectivity index is 0.00000280. The van der Waals surface area contributed by atoms with Gasteiger partial charge in [-0.25, -0.2) is 0 Å². The van der Waals surface area contributed by atoms with Crippen molar-refractivity contribution in [2.24, 2.45) is 0 Å². The van der Waals surface area contributed by atoms with E-state index in [0.717, 1.165) is 43.6 Å². The highest BCUT2D eigenvalue weighted by molar-refractivity contribution is 5.85. The van der Waals surface area contributed by atoms with Gasteiger partial charge in [0.2, 0.25) is 0 Å². The zero-order valence-electron chi connectivity index (χ0n) is 16.4. The maximum absolute atomic E-state index is 12.0. The predicted molar refractivity (Wildman–Crippen MR) is 113 cm³/mol. The first-order valence-corrected chi connectivity index (χ1v) is 9.86.